The van der Waals surface area contributed by atoms with E-state index in [9.17, 15) is 13.2 Å². The maximum atomic E-state index is 12.0. The fourth-order valence-corrected chi connectivity index (χ4v) is 4.54. The van der Waals surface area contributed by atoms with E-state index < -0.39 is 22.0 Å². The Morgan fingerprint density at radius 1 is 1.53 bits per heavy atom. The first-order valence-electron chi connectivity index (χ1n) is 5.51. The lowest BCUT2D eigenvalue weighted by Crippen LogP contribution is -2.41. The molecule has 2 N–H and O–H groups in total. The molecule has 0 aliphatic carbocycles. The van der Waals surface area contributed by atoms with Gasteiger partial charge >= 0.3 is 5.97 Å². The molecule has 0 aliphatic rings. The fourth-order valence-electron chi connectivity index (χ4n) is 1.38. The minimum atomic E-state index is -3.91. The van der Waals surface area contributed by atoms with E-state index in [4.69, 9.17) is 5.11 Å². The molecule has 19 heavy (non-hydrogen) atoms. The number of nitrogens with one attached hydrogen (secondary N) is 1. The van der Waals surface area contributed by atoms with Crippen LogP contribution in [0.25, 0.3) is 0 Å². The molecule has 0 amide bonds. The van der Waals surface area contributed by atoms with E-state index in [1.807, 2.05) is 13.8 Å². The van der Waals surface area contributed by atoms with Gasteiger partial charge in [0.05, 0.1) is 9.48 Å². The number of sulfonamides is 1. The van der Waals surface area contributed by atoms with Crippen LogP contribution in [0.15, 0.2) is 8.13 Å². The van der Waals surface area contributed by atoms with Crippen molar-refractivity contribution in [3.8, 4) is 0 Å². The van der Waals surface area contributed by atoms with Crippen LogP contribution in [0, 0.1) is 12.8 Å². The van der Waals surface area contributed by atoms with Crippen LogP contribution in [0.5, 0.6) is 0 Å². The van der Waals surface area contributed by atoms with Gasteiger partial charge in [0, 0.05) is 0 Å². The van der Waals surface area contributed by atoms with Crippen LogP contribution in [-0.4, -0.2) is 30.5 Å². The Kier molecular flexibility index (Phi) is 5.48. The molecular formula is C10H15BrN2O4S2. The van der Waals surface area contributed by atoms with Crippen molar-refractivity contribution in [3.05, 3.63) is 9.48 Å². The molecule has 1 heterocycles. The van der Waals surface area contributed by atoms with Crippen LogP contribution in [0.4, 0.5) is 0 Å². The molecule has 0 aliphatic heterocycles. The van der Waals surface area contributed by atoms with Crippen molar-refractivity contribution < 1.29 is 18.3 Å². The summed E-state index contributed by atoms with van der Waals surface area (Å²) in [7, 11) is -3.91. The quantitative estimate of drug-likeness (QED) is 0.797. The summed E-state index contributed by atoms with van der Waals surface area (Å²) in [6.45, 7) is 5.32. The molecule has 6 nitrogen and oxygen atoms in total. The van der Waals surface area contributed by atoms with Gasteiger partial charge in [0.25, 0.3) is 10.0 Å². The van der Waals surface area contributed by atoms with Gasteiger partial charge in [0.1, 0.15) is 6.04 Å². The van der Waals surface area contributed by atoms with Crippen molar-refractivity contribution in [2.24, 2.45) is 5.92 Å². The molecule has 0 bridgehead atoms. The van der Waals surface area contributed by atoms with Gasteiger partial charge in [0.15, 0.2) is 0 Å². The highest BCUT2D eigenvalue weighted by Gasteiger charge is 2.28. The smallest absolute Gasteiger partial charge is 0.321 e. The number of carbonyl (C=O) groups is 1. The van der Waals surface area contributed by atoms with Crippen LogP contribution in [-0.2, 0) is 14.8 Å². The van der Waals surface area contributed by atoms with Crippen molar-refractivity contribution in [2.45, 2.75) is 37.6 Å². The molecule has 0 spiro atoms. The zero-order valence-corrected chi connectivity index (χ0v) is 13.9. The van der Waals surface area contributed by atoms with Crippen LogP contribution < -0.4 is 4.72 Å². The maximum absolute atomic E-state index is 12.0. The standard InChI is InChI=1S/C10H15BrN2O4S2/c1-5(2)4-7(9(14)15)13-19(16,17)10-12-6(3)8(11)18-10/h5,7,13H,4H2,1-3H3,(H,14,15). The number of aliphatic carboxylic acids is 1. The predicted molar refractivity (Wildman–Crippen MR) is 75.8 cm³/mol. The van der Waals surface area contributed by atoms with E-state index in [2.05, 4.69) is 25.6 Å². The van der Waals surface area contributed by atoms with E-state index in [0.717, 1.165) is 11.3 Å². The number of halogens is 1. The van der Waals surface area contributed by atoms with Gasteiger partial charge in [-0.05, 0) is 35.2 Å². The van der Waals surface area contributed by atoms with Crippen molar-refractivity contribution in [1.82, 2.24) is 9.71 Å². The molecule has 1 rings (SSSR count). The summed E-state index contributed by atoms with van der Waals surface area (Å²) in [6, 6.07) is -1.15. The Morgan fingerprint density at radius 3 is 2.47 bits per heavy atom. The Hall–Kier alpha value is -0.510. The first-order chi connectivity index (χ1) is 8.63. The molecule has 0 saturated carbocycles. The molecular weight excluding hydrogens is 356 g/mol. The Balaban J connectivity index is 2.97. The second-order valence-corrected chi connectivity index (χ2v) is 8.69. The van der Waals surface area contributed by atoms with E-state index in [-0.39, 0.29) is 16.7 Å². The number of carboxylic acids is 1. The number of nitrogens with zero attached hydrogens (tertiary/aromatic N) is 1. The number of carboxylic acid groups (broad SMARTS) is 1. The van der Waals surface area contributed by atoms with Gasteiger partial charge in [0.2, 0.25) is 4.34 Å². The number of hydrogen-bond donors (Lipinski definition) is 2. The average Bonchev–Trinajstić information content (AvgIpc) is 2.58. The van der Waals surface area contributed by atoms with Crippen LogP contribution in [0.1, 0.15) is 26.0 Å². The highest BCUT2D eigenvalue weighted by Crippen LogP contribution is 2.27. The molecule has 0 radical (unpaired) electrons. The number of rotatable bonds is 6. The average molecular weight is 371 g/mol. The third kappa shape index (κ3) is 4.51. The number of aromatic nitrogens is 1. The van der Waals surface area contributed by atoms with Gasteiger partial charge in [-0.2, -0.15) is 4.72 Å². The Bertz CT molecular complexity index is 549. The van der Waals surface area contributed by atoms with Gasteiger partial charge < -0.3 is 5.11 Å². The monoisotopic (exact) mass is 370 g/mol. The van der Waals surface area contributed by atoms with E-state index in [0.29, 0.717) is 9.48 Å². The Morgan fingerprint density at radius 2 is 2.11 bits per heavy atom. The maximum Gasteiger partial charge on any atom is 0.321 e. The minimum absolute atomic E-state index is 0.0635. The second kappa shape index (κ2) is 6.29. The number of thiazole rings is 1. The van der Waals surface area contributed by atoms with Crippen LogP contribution >= 0.6 is 27.3 Å². The summed E-state index contributed by atoms with van der Waals surface area (Å²) < 4.78 is 26.8. The molecule has 0 fully saturated rings. The molecule has 0 aromatic carbocycles. The Labute approximate surface area is 124 Å². The number of aryl methyl sites for hydroxylation is 1. The summed E-state index contributed by atoms with van der Waals surface area (Å²) >= 11 is 4.15. The SMILES string of the molecule is Cc1nc(S(=O)(=O)NC(CC(C)C)C(=O)O)sc1Br. The summed E-state index contributed by atoms with van der Waals surface area (Å²) in [5.74, 6) is -1.13. The molecule has 108 valence electrons. The summed E-state index contributed by atoms with van der Waals surface area (Å²) in [5, 5.41) is 9.04. The van der Waals surface area contributed by atoms with Crippen molar-refractivity contribution in [3.63, 3.8) is 0 Å². The fraction of sp³-hybridized carbons (Fsp3) is 0.600. The number of hydrogen-bond acceptors (Lipinski definition) is 5. The van der Waals surface area contributed by atoms with Gasteiger partial charge in [-0.15, -0.1) is 0 Å². The van der Waals surface area contributed by atoms with Crippen LogP contribution in [0.3, 0.4) is 0 Å². The third-order valence-electron chi connectivity index (χ3n) is 2.25. The van der Waals surface area contributed by atoms with Crippen LogP contribution in [0.2, 0.25) is 0 Å². The summed E-state index contributed by atoms with van der Waals surface area (Å²) in [5.41, 5.74) is 0.557. The normalized spacial score (nSPS) is 13.7. The van der Waals surface area contributed by atoms with E-state index in [1.54, 1.807) is 6.92 Å². The molecule has 1 atom stereocenters. The highest BCUT2D eigenvalue weighted by molar-refractivity contribution is 9.11. The van der Waals surface area contributed by atoms with Crippen molar-refractivity contribution in [2.75, 3.05) is 0 Å². The lowest BCUT2D eigenvalue weighted by atomic mass is 10.1. The lowest BCUT2D eigenvalue weighted by Gasteiger charge is -2.15. The first-order valence-corrected chi connectivity index (χ1v) is 8.60. The topological polar surface area (TPSA) is 96.4 Å². The lowest BCUT2D eigenvalue weighted by molar-refractivity contribution is -0.139. The zero-order chi connectivity index (χ0) is 14.8. The molecule has 1 aromatic heterocycles. The summed E-state index contributed by atoms with van der Waals surface area (Å²) in [4.78, 5) is 15.0. The largest absolute Gasteiger partial charge is 0.480 e. The van der Waals surface area contributed by atoms with Crippen molar-refractivity contribution >= 4 is 43.3 Å². The van der Waals surface area contributed by atoms with Gasteiger partial charge in [-0.25, -0.2) is 13.4 Å². The van der Waals surface area contributed by atoms with Crippen molar-refractivity contribution in [1.29, 1.82) is 0 Å². The molecule has 1 aromatic rings. The third-order valence-corrected chi connectivity index (χ3v) is 6.11. The van der Waals surface area contributed by atoms with Gasteiger partial charge in [-0.3, -0.25) is 4.79 Å². The summed E-state index contributed by atoms with van der Waals surface area (Å²) in [6.07, 6.45) is 0.222. The van der Waals surface area contributed by atoms with Gasteiger partial charge in [-0.1, -0.05) is 25.2 Å². The zero-order valence-electron chi connectivity index (χ0n) is 10.7. The van der Waals surface area contributed by atoms with E-state index >= 15 is 0 Å². The van der Waals surface area contributed by atoms with E-state index in [1.165, 1.54) is 0 Å². The highest BCUT2D eigenvalue weighted by atomic mass is 79.9. The minimum Gasteiger partial charge on any atom is -0.480 e. The molecule has 1 unspecified atom stereocenters. The molecule has 9 heteroatoms. The predicted octanol–water partition coefficient (Wildman–Crippen LogP) is 1.99. The first kappa shape index (κ1) is 16.5. The second-order valence-electron chi connectivity index (χ2n) is 4.48. The molecule has 0 saturated heterocycles.